The molecule has 1 fully saturated rings. The van der Waals surface area contributed by atoms with Crippen LogP contribution in [0.3, 0.4) is 0 Å². The molecule has 0 bridgehead atoms. The largest absolute Gasteiger partial charge is 0.480 e. The molecular weight excluding hydrogens is 222 g/mol. The molecule has 1 aliphatic rings. The van der Waals surface area contributed by atoms with Gasteiger partial charge in [0.25, 0.3) is 0 Å². The first-order valence-corrected chi connectivity index (χ1v) is 6.16. The fourth-order valence-corrected chi connectivity index (χ4v) is 2.01. The van der Waals surface area contributed by atoms with E-state index in [4.69, 9.17) is 9.84 Å². The van der Waals surface area contributed by atoms with Crippen LogP contribution in [-0.4, -0.2) is 47.2 Å². The van der Waals surface area contributed by atoms with E-state index in [1.165, 1.54) is 4.90 Å². The minimum atomic E-state index is -0.900. The van der Waals surface area contributed by atoms with Crippen molar-refractivity contribution in [2.75, 3.05) is 13.2 Å². The zero-order valence-electron chi connectivity index (χ0n) is 10.5. The summed E-state index contributed by atoms with van der Waals surface area (Å²) in [6.07, 6.45) is 2.69. The Kier molecular flexibility index (Phi) is 5.41. The van der Waals surface area contributed by atoms with Gasteiger partial charge in [0.2, 0.25) is 5.91 Å². The molecule has 5 nitrogen and oxygen atoms in total. The van der Waals surface area contributed by atoms with Gasteiger partial charge >= 0.3 is 5.97 Å². The van der Waals surface area contributed by atoms with Crippen molar-refractivity contribution in [2.24, 2.45) is 0 Å². The summed E-state index contributed by atoms with van der Waals surface area (Å²) in [4.78, 5) is 24.4. The molecule has 98 valence electrons. The first kappa shape index (κ1) is 14.0. The molecule has 1 saturated heterocycles. The summed E-state index contributed by atoms with van der Waals surface area (Å²) in [5.74, 6) is -1.01. The molecule has 1 atom stereocenters. The number of carbonyl (C=O) groups is 2. The third-order valence-corrected chi connectivity index (χ3v) is 2.88. The molecule has 0 aromatic carbocycles. The Bertz CT molecular complexity index is 278. The van der Waals surface area contributed by atoms with E-state index >= 15 is 0 Å². The van der Waals surface area contributed by atoms with Crippen LogP contribution in [0.15, 0.2) is 0 Å². The zero-order valence-corrected chi connectivity index (χ0v) is 10.5. The predicted molar refractivity (Wildman–Crippen MR) is 62.7 cm³/mol. The summed E-state index contributed by atoms with van der Waals surface area (Å²) in [7, 11) is 0. The second-order valence-electron chi connectivity index (χ2n) is 4.61. The molecule has 0 aromatic rings. The number of ether oxygens (including phenoxy) is 1. The SMILES string of the molecule is CC(C)OCCC(=O)N1CCCC[C@@H]1C(=O)O. The lowest BCUT2D eigenvalue weighted by Gasteiger charge is -2.33. The number of hydrogen-bond acceptors (Lipinski definition) is 3. The lowest BCUT2D eigenvalue weighted by Crippen LogP contribution is -2.48. The first-order valence-electron chi connectivity index (χ1n) is 6.16. The number of amides is 1. The van der Waals surface area contributed by atoms with Crippen LogP contribution >= 0.6 is 0 Å². The highest BCUT2D eigenvalue weighted by Crippen LogP contribution is 2.18. The normalized spacial score (nSPS) is 20.6. The van der Waals surface area contributed by atoms with Crippen molar-refractivity contribution >= 4 is 11.9 Å². The van der Waals surface area contributed by atoms with Crippen molar-refractivity contribution in [2.45, 2.75) is 51.7 Å². The summed E-state index contributed by atoms with van der Waals surface area (Å²) >= 11 is 0. The summed E-state index contributed by atoms with van der Waals surface area (Å²) in [5.41, 5.74) is 0. The first-order chi connectivity index (χ1) is 8.02. The van der Waals surface area contributed by atoms with Crippen LogP contribution in [0.2, 0.25) is 0 Å². The van der Waals surface area contributed by atoms with Crippen LogP contribution in [0.4, 0.5) is 0 Å². The molecule has 5 heteroatoms. The molecule has 0 unspecified atom stereocenters. The van der Waals surface area contributed by atoms with Crippen molar-refractivity contribution in [1.29, 1.82) is 0 Å². The van der Waals surface area contributed by atoms with Crippen molar-refractivity contribution in [3.8, 4) is 0 Å². The Morgan fingerprint density at radius 3 is 2.71 bits per heavy atom. The minimum Gasteiger partial charge on any atom is -0.480 e. The molecule has 1 aliphatic heterocycles. The van der Waals surface area contributed by atoms with E-state index in [0.29, 0.717) is 19.6 Å². The van der Waals surface area contributed by atoms with Crippen LogP contribution in [0.5, 0.6) is 0 Å². The maximum atomic E-state index is 11.9. The fraction of sp³-hybridized carbons (Fsp3) is 0.833. The van der Waals surface area contributed by atoms with Crippen LogP contribution in [-0.2, 0) is 14.3 Å². The Labute approximate surface area is 102 Å². The van der Waals surface area contributed by atoms with Gasteiger partial charge in [0.1, 0.15) is 6.04 Å². The van der Waals surface area contributed by atoms with E-state index in [2.05, 4.69) is 0 Å². The molecule has 0 aliphatic carbocycles. The van der Waals surface area contributed by atoms with Gasteiger partial charge in [0, 0.05) is 6.54 Å². The number of hydrogen-bond donors (Lipinski definition) is 1. The van der Waals surface area contributed by atoms with Crippen molar-refractivity contribution in [3.63, 3.8) is 0 Å². The number of carboxylic acid groups (broad SMARTS) is 1. The van der Waals surface area contributed by atoms with E-state index in [0.717, 1.165) is 12.8 Å². The van der Waals surface area contributed by atoms with E-state index < -0.39 is 12.0 Å². The third kappa shape index (κ3) is 4.34. The monoisotopic (exact) mass is 243 g/mol. The topological polar surface area (TPSA) is 66.8 Å². The summed E-state index contributed by atoms with van der Waals surface area (Å²) in [6.45, 7) is 4.73. The van der Waals surface area contributed by atoms with Crippen LogP contribution < -0.4 is 0 Å². The summed E-state index contributed by atoms with van der Waals surface area (Å²) < 4.78 is 5.30. The number of carbonyl (C=O) groups excluding carboxylic acids is 1. The molecule has 1 N–H and O–H groups in total. The molecule has 0 spiro atoms. The van der Waals surface area contributed by atoms with Crippen LogP contribution in [0.1, 0.15) is 39.5 Å². The molecule has 1 amide bonds. The number of carboxylic acids is 1. The molecule has 1 rings (SSSR count). The quantitative estimate of drug-likeness (QED) is 0.789. The maximum absolute atomic E-state index is 11.9. The Morgan fingerprint density at radius 1 is 1.41 bits per heavy atom. The van der Waals surface area contributed by atoms with Crippen molar-refractivity contribution in [3.05, 3.63) is 0 Å². The third-order valence-electron chi connectivity index (χ3n) is 2.88. The highest BCUT2D eigenvalue weighted by Gasteiger charge is 2.31. The highest BCUT2D eigenvalue weighted by atomic mass is 16.5. The smallest absolute Gasteiger partial charge is 0.326 e. The molecule has 0 aromatic heterocycles. The Balaban J connectivity index is 2.45. The average Bonchev–Trinajstić information content (AvgIpc) is 2.28. The van der Waals surface area contributed by atoms with Gasteiger partial charge in [-0.1, -0.05) is 0 Å². The number of nitrogens with zero attached hydrogens (tertiary/aromatic N) is 1. The number of aliphatic carboxylic acids is 1. The molecule has 0 radical (unpaired) electrons. The van der Waals surface area contributed by atoms with Gasteiger partial charge in [0.15, 0.2) is 0 Å². The maximum Gasteiger partial charge on any atom is 0.326 e. The average molecular weight is 243 g/mol. The van der Waals surface area contributed by atoms with Gasteiger partial charge in [-0.05, 0) is 33.1 Å². The van der Waals surface area contributed by atoms with Crippen molar-refractivity contribution < 1.29 is 19.4 Å². The van der Waals surface area contributed by atoms with Gasteiger partial charge in [-0.3, -0.25) is 4.79 Å². The Morgan fingerprint density at radius 2 is 2.12 bits per heavy atom. The fourth-order valence-electron chi connectivity index (χ4n) is 2.01. The lowest BCUT2D eigenvalue weighted by molar-refractivity contribution is -0.152. The van der Waals surface area contributed by atoms with Crippen LogP contribution in [0.25, 0.3) is 0 Å². The summed E-state index contributed by atoms with van der Waals surface area (Å²) in [6, 6.07) is -0.643. The highest BCUT2D eigenvalue weighted by molar-refractivity contribution is 5.83. The second-order valence-corrected chi connectivity index (χ2v) is 4.61. The number of likely N-dealkylation sites (tertiary alicyclic amines) is 1. The van der Waals surface area contributed by atoms with Gasteiger partial charge in [-0.2, -0.15) is 0 Å². The molecule has 1 heterocycles. The van der Waals surface area contributed by atoms with E-state index in [1.54, 1.807) is 0 Å². The number of rotatable bonds is 5. The minimum absolute atomic E-state index is 0.0967. The number of piperidine rings is 1. The van der Waals surface area contributed by atoms with E-state index in [9.17, 15) is 9.59 Å². The predicted octanol–water partition coefficient (Wildman–Crippen LogP) is 1.27. The summed E-state index contributed by atoms with van der Waals surface area (Å²) in [5, 5.41) is 9.05. The second kappa shape index (κ2) is 6.59. The molecule has 0 saturated carbocycles. The standard InChI is InChI=1S/C12H21NO4/c1-9(2)17-8-6-11(14)13-7-4-3-5-10(13)12(15)16/h9-10H,3-8H2,1-2H3,(H,15,16)/t10-/m1/s1. The zero-order chi connectivity index (χ0) is 12.8. The van der Waals surface area contributed by atoms with Gasteiger partial charge in [-0.15, -0.1) is 0 Å². The molecule has 17 heavy (non-hydrogen) atoms. The lowest BCUT2D eigenvalue weighted by atomic mass is 10.0. The van der Waals surface area contributed by atoms with Gasteiger partial charge in [-0.25, -0.2) is 4.79 Å². The van der Waals surface area contributed by atoms with Gasteiger partial charge < -0.3 is 14.7 Å². The molecular formula is C12H21NO4. The Hall–Kier alpha value is -1.10. The van der Waals surface area contributed by atoms with Crippen LogP contribution in [0, 0.1) is 0 Å². The van der Waals surface area contributed by atoms with E-state index in [-0.39, 0.29) is 18.4 Å². The van der Waals surface area contributed by atoms with Gasteiger partial charge in [0.05, 0.1) is 19.1 Å². The van der Waals surface area contributed by atoms with Crippen molar-refractivity contribution in [1.82, 2.24) is 4.90 Å². The van der Waals surface area contributed by atoms with E-state index in [1.807, 2.05) is 13.8 Å².